The molecule has 0 unspecified atom stereocenters. The summed E-state index contributed by atoms with van der Waals surface area (Å²) in [5, 5.41) is 19.6. The number of hydrogen-bond acceptors (Lipinski definition) is 3. The van der Waals surface area contributed by atoms with Gasteiger partial charge in [0.2, 0.25) is 0 Å². The lowest BCUT2D eigenvalue weighted by Gasteiger charge is -2.26. The van der Waals surface area contributed by atoms with Gasteiger partial charge in [-0.3, -0.25) is 0 Å². The summed E-state index contributed by atoms with van der Waals surface area (Å²) >= 11 is 0. The van der Waals surface area contributed by atoms with Gasteiger partial charge in [0.1, 0.15) is 0 Å². The quantitative estimate of drug-likeness (QED) is 0.797. The number of carboxylic acids is 1. The molecule has 1 aromatic rings. The molecule has 0 amide bonds. The predicted molar refractivity (Wildman–Crippen MR) is 50.2 cm³/mol. The van der Waals surface area contributed by atoms with Crippen LogP contribution in [-0.2, 0) is 6.18 Å². The lowest BCUT2D eigenvalue weighted by atomic mass is 10.1. The topological polar surface area (TPSA) is 63.6 Å². The largest absolute Gasteiger partial charge is 0.758 e. The van der Waals surface area contributed by atoms with E-state index in [-0.39, 0.29) is 10.8 Å². The summed E-state index contributed by atoms with van der Waals surface area (Å²) in [5.41, 5.74) is -2.09. The van der Waals surface area contributed by atoms with E-state index in [0.717, 1.165) is 13.1 Å². The molecule has 0 aliphatic carbocycles. The van der Waals surface area contributed by atoms with E-state index in [1.807, 2.05) is 0 Å². The Kier molecular flexibility index (Phi) is 3.09. The molecule has 7 heteroatoms. The maximum atomic E-state index is 12.4. The Morgan fingerprint density at radius 3 is 2.31 bits per heavy atom. The van der Waals surface area contributed by atoms with Crippen LogP contribution in [0.15, 0.2) is 18.2 Å². The standard InChI is InChI=1S/C9H7F3NO3/c1-13(16)7-3-5(8(14)15)2-6(4-7)9(10,11)12/h2-4H,1H3,(H,14,15)/q-1. The molecule has 4 nitrogen and oxygen atoms in total. The highest BCUT2D eigenvalue weighted by Crippen LogP contribution is 2.32. The van der Waals surface area contributed by atoms with Crippen molar-refractivity contribution in [3.8, 4) is 0 Å². The summed E-state index contributed by atoms with van der Waals surface area (Å²) in [5.74, 6) is -1.52. The fourth-order valence-electron chi connectivity index (χ4n) is 1.08. The first-order valence-corrected chi connectivity index (χ1v) is 4.08. The molecule has 1 N–H and O–H groups in total. The van der Waals surface area contributed by atoms with Crippen LogP contribution in [0.1, 0.15) is 15.9 Å². The van der Waals surface area contributed by atoms with Crippen LogP contribution in [0.3, 0.4) is 0 Å². The summed E-state index contributed by atoms with van der Waals surface area (Å²) in [6, 6.07) is 1.96. The van der Waals surface area contributed by atoms with Crippen molar-refractivity contribution in [3.05, 3.63) is 34.5 Å². The molecular weight excluding hydrogens is 227 g/mol. The molecule has 0 aliphatic rings. The van der Waals surface area contributed by atoms with Crippen molar-refractivity contribution in [2.24, 2.45) is 0 Å². The number of carbonyl (C=O) groups is 1. The van der Waals surface area contributed by atoms with E-state index < -0.39 is 23.3 Å². The second-order valence-electron chi connectivity index (χ2n) is 3.07. The molecule has 88 valence electrons. The first-order valence-electron chi connectivity index (χ1n) is 4.08. The van der Waals surface area contributed by atoms with Gasteiger partial charge in [-0.1, -0.05) is 0 Å². The molecular formula is C9H7F3NO3-. The van der Waals surface area contributed by atoms with Gasteiger partial charge in [-0.2, -0.15) is 13.2 Å². The zero-order valence-corrected chi connectivity index (χ0v) is 8.08. The van der Waals surface area contributed by atoms with E-state index in [9.17, 15) is 23.2 Å². The second kappa shape index (κ2) is 4.01. The minimum Gasteiger partial charge on any atom is -0.758 e. The van der Waals surface area contributed by atoms with Crippen molar-refractivity contribution in [2.75, 3.05) is 12.1 Å². The summed E-state index contributed by atoms with van der Waals surface area (Å²) in [6.45, 7) is 0. The number of halogens is 3. The fraction of sp³-hybridized carbons (Fsp3) is 0.222. The predicted octanol–water partition coefficient (Wildman–Crippen LogP) is 2.34. The van der Waals surface area contributed by atoms with E-state index in [1.165, 1.54) is 0 Å². The number of anilines is 1. The number of benzene rings is 1. The van der Waals surface area contributed by atoms with E-state index in [1.54, 1.807) is 0 Å². The number of rotatable bonds is 2. The summed E-state index contributed by atoms with van der Waals surface area (Å²) < 4.78 is 37.1. The first-order chi connectivity index (χ1) is 7.21. The van der Waals surface area contributed by atoms with Crippen LogP contribution in [0.5, 0.6) is 0 Å². The first kappa shape index (κ1) is 12.3. The Balaban J connectivity index is 3.36. The molecule has 0 spiro atoms. The summed E-state index contributed by atoms with van der Waals surface area (Å²) in [6.07, 6.45) is -4.68. The highest BCUT2D eigenvalue weighted by Gasteiger charge is 2.31. The Bertz CT molecular complexity index is 415. The second-order valence-corrected chi connectivity index (χ2v) is 3.07. The maximum Gasteiger partial charge on any atom is 0.416 e. The Morgan fingerprint density at radius 1 is 1.38 bits per heavy atom. The number of nitrogens with zero attached hydrogens (tertiary/aromatic N) is 1. The van der Waals surface area contributed by atoms with Crippen LogP contribution in [-0.4, -0.2) is 18.1 Å². The number of hydroxylamine groups is 1. The molecule has 1 aromatic carbocycles. The molecule has 0 bridgehead atoms. The SMILES string of the molecule is CN([O-])c1cc(C(=O)O)cc(C(F)(F)F)c1. The maximum absolute atomic E-state index is 12.4. The van der Waals surface area contributed by atoms with Crippen molar-refractivity contribution >= 4 is 11.7 Å². The molecule has 0 aliphatic heterocycles. The van der Waals surface area contributed by atoms with Gasteiger partial charge in [-0.15, -0.1) is 0 Å². The zero-order chi connectivity index (χ0) is 12.5. The van der Waals surface area contributed by atoms with Crippen LogP contribution in [0, 0.1) is 5.21 Å². The van der Waals surface area contributed by atoms with Crippen LogP contribution in [0.4, 0.5) is 18.9 Å². The van der Waals surface area contributed by atoms with Gasteiger partial charge < -0.3 is 15.4 Å². The molecule has 16 heavy (non-hydrogen) atoms. The summed E-state index contributed by atoms with van der Waals surface area (Å²) in [4.78, 5) is 10.6. The van der Waals surface area contributed by atoms with Crippen LogP contribution < -0.4 is 5.06 Å². The monoisotopic (exact) mass is 234 g/mol. The van der Waals surface area contributed by atoms with Gasteiger partial charge in [0.05, 0.1) is 11.1 Å². The van der Waals surface area contributed by atoms with Crippen molar-refractivity contribution < 1.29 is 23.1 Å². The Morgan fingerprint density at radius 2 is 1.94 bits per heavy atom. The Labute approximate surface area is 88.5 Å². The normalized spacial score (nSPS) is 11.3. The van der Waals surface area contributed by atoms with Gasteiger partial charge in [0.25, 0.3) is 0 Å². The molecule has 0 radical (unpaired) electrons. The van der Waals surface area contributed by atoms with Crippen molar-refractivity contribution in [1.29, 1.82) is 0 Å². The highest BCUT2D eigenvalue weighted by molar-refractivity contribution is 5.89. The molecule has 0 heterocycles. The molecule has 1 rings (SSSR count). The van der Waals surface area contributed by atoms with Gasteiger partial charge in [-0.25, -0.2) is 4.79 Å². The van der Waals surface area contributed by atoms with E-state index >= 15 is 0 Å². The third-order valence-electron chi connectivity index (χ3n) is 1.86. The number of hydrogen-bond donors (Lipinski definition) is 1. The average Bonchev–Trinajstić information content (AvgIpc) is 2.15. The van der Waals surface area contributed by atoms with E-state index in [4.69, 9.17) is 5.11 Å². The smallest absolute Gasteiger partial charge is 0.416 e. The number of alkyl halides is 3. The third kappa shape index (κ3) is 2.63. The van der Waals surface area contributed by atoms with E-state index in [0.29, 0.717) is 12.1 Å². The minimum atomic E-state index is -4.68. The lowest BCUT2D eigenvalue weighted by molar-refractivity contribution is -0.137. The van der Waals surface area contributed by atoms with Crippen LogP contribution in [0.25, 0.3) is 0 Å². The molecule has 0 atom stereocenters. The minimum absolute atomic E-state index is 0.168. The fourth-order valence-corrected chi connectivity index (χ4v) is 1.08. The van der Waals surface area contributed by atoms with E-state index in [2.05, 4.69) is 0 Å². The molecule has 0 fully saturated rings. The third-order valence-corrected chi connectivity index (χ3v) is 1.86. The number of aromatic carboxylic acids is 1. The lowest BCUT2D eigenvalue weighted by Crippen LogP contribution is -2.12. The van der Waals surface area contributed by atoms with Crippen LogP contribution in [0.2, 0.25) is 0 Å². The van der Waals surface area contributed by atoms with Gasteiger partial charge in [0, 0.05) is 5.69 Å². The highest BCUT2D eigenvalue weighted by atomic mass is 19.4. The zero-order valence-electron chi connectivity index (χ0n) is 8.08. The van der Waals surface area contributed by atoms with Crippen molar-refractivity contribution in [1.82, 2.24) is 0 Å². The molecule has 0 saturated heterocycles. The van der Waals surface area contributed by atoms with Crippen LogP contribution >= 0.6 is 0 Å². The average molecular weight is 234 g/mol. The summed E-state index contributed by atoms with van der Waals surface area (Å²) in [7, 11) is 0.987. The molecule has 0 aromatic heterocycles. The number of carboxylic acid groups (broad SMARTS) is 1. The van der Waals surface area contributed by atoms with Crippen molar-refractivity contribution in [3.63, 3.8) is 0 Å². The Hall–Kier alpha value is -1.76. The van der Waals surface area contributed by atoms with Gasteiger partial charge >= 0.3 is 12.1 Å². The van der Waals surface area contributed by atoms with Gasteiger partial charge in [0.15, 0.2) is 0 Å². The van der Waals surface area contributed by atoms with Gasteiger partial charge in [-0.05, 0) is 25.2 Å². The van der Waals surface area contributed by atoms with Crippen molar-refractivity contribution in [2.45, 2.75) is 6.18 Å². The molecule has 0 saturated carbocycles.